The number of carboxylic acid groups (broad SMARTS) is 1. The lowest BCUT2D eigenvalue weighted by atomic mass is 9.98. The van der Waals surface area contributed by atoms with Gasteiger partial charge in [-0.05, 0) is 56.5 Å². The van der Waals surface area contributed by atoms with E-state index in [1.807, 2.05) is 13.8 Å². The summed E-state index contributed by atoms with van der Waals surface area (Å²) in [6.45, 7) is 6.93. The number of aromatic nitrogens is 1. The van der Waals surface area contributed by atoms with Crippen LogP contribution in [-0.4, -0.2) is 33.6 Å². The number of nitrogens with two attached hydrogens (primary N) is 2. The van der Waals surface area contributed by atoms with E-state index in [-0.39, 0.29) is 42.0 Å². The van der Waals surface area contributed by atoms with Gasteiger partial charge < -0.3 is 21.3 Å². The van der Waals surface area contributed by atoms with Crippen molar-refractivity contribution >= 4 is 17.6 Å². The van der Waals surface area contributed by atoms with Crippen molar-refractivity contribution in [3.63, 3.8) is 0 Å². The molecule has 1 atom stereocenters. The van der Waals surface area contributed by atoms with Gasteiger partial charge in [0.05, 0.1) is 23.4 Å². The molecular weight excluding hydrogens is 503 g/mol. The number of aryl methyl sites for hydroxylation is 1. The smallest absolute Gasteiger partial charge is 0.323 e. The summed E-state index contributed by atoms with van der Waals surface area (Å²) in [7, 11) is 0. The first-order chi connectivity index (χ1) is 17.8. The largest absolute Gasteiger partial charge is 0.493 e. The maximum Gasteiger partial charge on any atom is 0.323 e. The number of hydrogen-bond acceptors (Lipinski definition) is 6. The van der Waals surface area contributed by atoms with E-state index in [0.717, 1.165) is 34.9 Å². The number of anilines is 1. The molecule has 0 saturated heterocycles. The third-order valence-electron chi connectivity index (χ3n) is 5.60. The number of rotatable bonds is 9. The number of carbonyl (C=O) groups is 2. The monoisotopic (exact) mass is 533 g/mol. The van der Waals surface area contributed by atoms with Gasteiger partial charge in [0.2, 0.25) is 0 Å². The van der Waals surface area contributed by atoms with Crippen LogP contribution in [0.3, 0.4) is 0 Å². The van der Waals surface area contributed by atoms with Crippen LogP contribution in [0.4, 0.5) is 19.0 Å². The molecule has 3 aromatic rings. The van der Waals surface area contributed by atoms with Crippen LogP contribution in [0, 0.1) is 24.4 Å². The molecule has 11 heteroatoms. The van der Waals surface area contributed by atoms with Crippen molar-refractivity contribution < 1.29 is 32.6 Å². The van der Waals surface area contributed by atoms with Crippen LogP contribution in [-0.2, 0) is 4.79 Å². The van der Waals surface area contributed by atoms with Gasteiger partial charge in [0.15, 0.2) is 11.6 Å². The van der Waals surface area contributed by atoms with E-state index in [0.29, 0.717) is 6.07 Å². The molecule has 0 saturated carbocycles. The molecule has 0 fully saturated rings. The second-order valence-corrected chi connectivity index (χ2v) is 8.50. The highest BCUT2D eigenvalue weighted by atomic mass is 19.1. The molecule has 1 aromatic heterocycles. The highest BCUT2D eigenvalue weighted by Gasteiger charge is 2.27. The summed E-state index contributed by atoms with van der Waals surface area (Å²) in [5.41, 5.74) is 8.82. The quantitative estimate of drug-likeness (QED) is 0.274. The number of nitrogen functional groups attached to an aromatic ring is 1. The number of carbonyl (C=O) groups excluding carboxylic acids is 1. The molecule has 0 radical (unpaired) electrons. The number of carboxylic acids is 1. The average Bonchev–Trinajstić information content (AvgIpc) is 2.84. The van der Waals surface area contributed by atoms with Crippen molar-refractivity contribution in [3.8, 4) is 11.4 Å². The molecule has 0 aliphatic rings. The maximum absolute atomic E-state index is 15.1. The summed E-state index contributed by atoms with van der Waals surface area (Å²) < 4.78 is 48.8. The second-order valence-electron chi connectivity index (χ2n) is 8.50. The Morgan fingerprint density at radius 2 is 1.66 bits per heavy atom. The highest BCUT2D eigenvalue weighted by molar-refractivity contribution is 6.11. The summed E-state index contributed by atoms with van der Waals surface area (Å²) >= 11 is 0. The Morgan fingerprint density at radius 3 is 2.24 bits per heavy atom. The van der Waals surface area contributed by atoms with E-state index in [2.05, 4.69) is 0 Å². The van der Waals surface area contributed by atoms with E-state index in [9.17, 15) is 23.2 Å². The molecule has 204 valence electrons. The van der Waals surface area contributed by atoms with Crippen LogP contribution >= 0.6 is 0 Å². The van der Waals surface area contributed by atoms with E-state index in [1.54, 1.807) is 0 Å². The summed E-state index contributed by atoms with van der Waals surface area (Å²) in [5.74, 6) is -5.24. The molecule has 0 aliphatic heterocycles. The Kier molecular flexibility index (Phi) is 9.84. The minimum Gasteiger partial charge on any atom is -0.493 e. The van der Waals surface area contributed by atoms with E-state index in [4.69, 9.17) is 21.3 Å². The number of pyridine rings is 1. The summed E-state index contributed by atoms with van der Waals surface area (Å²) in [6.07, 6.45) is 0.418. The maximum atomic E-state index is 15.1. The first kappa shape index (κ1) is 30.1. The van der Waals surface area contributed by atoms with Gasteiger partial charge >= 0.3 is 5.97 Å². The molecular formula is C27H30F3N3O5. The number of nitrogens with zero attached hydrogens (tertiary/aromatic N) is 1. The Balaban J connectivity index is 0.00000247. The molecule has 5 N–H and O–H groups in total. The lowest BCUT2D eigenvalue weighted by molar-refractivity contribution is -0.143. The van der Waals surface area contributed by atoms with Crippen molar-refractivity contribution in [2.75, 3.05) is 12.3 Å². The molecule has 0 amide bonds. The molecule has 1 unspecified atom stereocenters. The zero-order chi connectivity index (χ0) is 28.8. The number of aliphatic carboxylic acids is 1. The standard InChI is InChI=1S/C25H24F3N3O5.C2H6/c1-13-10-15(36-9-3-8-25(2,30)24(34)35)12-19(28)21(13)31-20(32)7-6-17(23(31)29)22(33)16-5-4-14(26)11-18(16)27;1-2/h4-7,10-12H,3,8-9,29-30H2,1-2H3,(H,34,35);1-2H3. The van der Waals surface area contributed by atoms with Crippen LogP contribution in [0.5, 0.6) is 5.75 Å². The van der Waals surface area contributed by atoms with Gasteiger partial charge in [-0.15, -0.1) is 0 Å². The third kappa shape index (κ3) is 6.60. The fourth-order valence-electron chi connectivity index (χ4n) is 3.60. The molecule has 0 spiro atoms. The molecule has 2 aromatic carbocycles. The fraction of sp³-hybridized carbons (Fsp3) is 0.296. The first-order valence-electron chi connectivity index (χ1n) is 11.8. The van der Waals surface area contributed by atoms with Gasteiger partial charge in [-0.25, -0.2) is 13.2 Å². The van der Waals surface area contributed by atoms with Gasteiger partial charge in [-0.2, -0.15) is 0 Å². The van der Waals surface area contributed by atoms with Crippen LogP contribution < -0.4 is 21.8 Å². The van der Waals surface area contributed by atoms with Crippen LogP contribution in [0.1, 0.15) is 55.1 Å². The normalized spacial score (nSPS) is 12.2. The molecule has 0 bridgehead atoms. The van der Waals surface area contributed by atoms with Gasteiger partial charge in [0.25, 0.3) is 5.56 Å². The fourth-order valence-corrected chi connectivity index (χ4v) is 3.60. The third-order valence-corrected chi connectivity index (χ3v) is 5.60. The van der Waals surface area contributed by atoms with Gasteiger partial charge in [-0.1, -0.05) is 13.8 Å². The van der Waals surface area contributed by atoms with Gasteiger partial charge in [-0.3, -0.25) is 19.0 Å². The van der Waals surface area contributed by atoms with Crippen molar-refractivity contribution in [2.45, 2.75) is 46.1 Å². The summed E-state index contributed by atoms with van der Waals surface area (Å²) in [6, 6.07) is 6.92. The lowest BCUT2D eigenvalue weighted by Gasteiger charge is -2.19. The topological polar surface area (TPSA) is 138 Å². The molecule has 8 nitrogen and oxygen atoms in total. The Morgan fingerprint density at radius 1 is 1.03 bits per heavy atom. The second kappa shape index (κ2) is 12.4. The average molecular weight is 534 g/mol. The Labute approximate surface area is 217 Å². The lowest BCUT2D eigenvalue weighted by Crippen LogP contribution is -2.44. The summed E-state index contributed by atoms with van der Waals surface area (Å²) in [4.78, 5) is 36.5. The van der Waals surface area contributed by atoms with Crippen LogP contribution in [0.15, 0.2) is 47.3 Å². The first-order valence-corrected chi connectivity index (χ1v) is 11.8. The van der Waals surface area contributed by atoms with E-state index < -0.39 is 51.7 Å². The van der Waals surface area contributed by atoms with Crippen LogP contribution in [0.25, 0.3) is 5.69 Å². The predicted octanol–water partition coefficient (Wildman–Crippen LogP) is 4.36. The number of ketones is 1. The summed E-state index contributed by atoms with van der Waals surface area (Å²) in [5, 5.41) is 9.05. The zero-order valence-corrected chi connectivity index (χ0v) is 21.5. The van der Waals surface area contributed by atoms with Gasteiger partial charge in [0, 0.05) is 18.2 Å². The molecule has 38 heavy (non-hydrogen) atoms. The Hall–Kier alpha value is -4.12. The number of hydrogen-bond donors (Lipinski definition) is 3. The highest BCUT2D eigenvalue weighted by Crippen LogP contribution is 2.28. The van der Waals surface area contributed by atoms with Crippen molar-refractivity contribution in [2.24, 2.45) is 5.73 Å². The van der Waals surface area contributed by atoms with Gasteiger partial charge in [0.1, 0.15) is 28.7 Å². The van der Waals surface area contributed by atoms with E-state index >= 15 is 4.39 Å². The molecule has 1 heterocycles. The number of benzene rings is 2. The number of halogens is 3. The van der Waals surface area contributed by atoms with Crippen LogP contribution in [0.2, 0.25) is 0 Å². The molecule has 0 aliphatic carbocycles. The zero-order valence-electron chi connectivity index (χ0n) is 21.5. The van der Waals surface area contributed by atoms with E-state index in [1.165, 1.54) is 19.9 Å². The minimum atomic E-state index is -1.42. The Bertz CT molecular complexity index is 1380. The molecule has 3 rings (SSSR count). The number of ether oxygens (including phenoxy) is 1. The SMILES string of the molecule is CC.Cc1cc(OCCCC(C)(N)C(=O)O)cc(F)c1-n1c(N)c(C(=O)c2ccc(F)cc2F)ccc1=O. The van der Waals surface area contributed by atoms with Crippen molar-refractivity contribution in [1.82, 2.24) is 4.57 Å². The van der Waals surface area contributed by atoms with Crippen molar-refractivity contribution in [3.05, 3.63) is 87.0 Å². The predicted molar refractivity (Wildman–Crippen MR) is 137 cm³/mol. The minimum absolute atomic E-state index is 0.0631. The van der Waals surface area contributed by atoms with Crippen molar-refractivity contribution in [1.29, 1.82) is 0 Å².